The number of hydrogen-bond donors (Lipinski definition) is 0. The van der Waals surface area contributed by atoms with E-state index in [1.165, 1.54) is 353 Å². The van der Waals surface area contributed by atoms with Gasteiger partial charge < -0.3 is 49.5 Å². The van der Waals surface area contributed by atoms with Crippen molar-refractivity contribution in [1.29, 1.82) is 0 Å². The zero-order valence-corrected chi connectivity index (χ0v) is 65.3. The van der Waals surface area contributed by atoms with Gasteiger partial charge in [0.1, 0.15) is 0 Å². The van der Waals surface area contributed by atoms with Gasteiger partial charge in [-0.2, -0.15) is 0 Å². The molecule has 0 atom stereocenters. The van der Waals surface area contributed by atoms with Crippen LogP contribution in [0.3, 0.4) is 0 Å². The van der Waals surface area contributed by atoms with Gasteiger partial charge in [-0.1, -0.05) is 420 Å². The van der Waals surface area contributed by atoms with Gasteiger partial charge in [0, 0.05) is 29.8 Å². The molecule has 12 heteroatoms. The standard InChI is InChI=1S/5C16H32O2.B.Zn/c5*1-2-3-4-5-6-7-8-9-10-11-12-13-14-15-16(17)18;;/h5*2-15H2,1H3,(H,17,18);;/q;;;;;+3;+2/p-5. The molecule has 0 aliphatic carbocycles. The molecule has 92 heavy (non-hydrogen) atoms. The van der Waals surface area contributed by atoms with Crippen molar-refractivity contribution in [3.63, 3.8) is 0 Å². The number of carboxylic acids is 5. The second-order valence-electron chi connectivity index (χ2n) is 26.8. The van der Waals surface area contributed by atoms with E-state index in [4.69, 9.17) is 0 Å². The monoisotopic (exact) mass is 1350 g/mol. The average Bonchev–Trinajstić information content (AvgIpc) is 3.51. The quantitative estimate of drug-likeness (QED) is 0.0417. The Morgan fingerprint density at radius 3 is 0.283 bits per heavy atom. The van der Waals surface area contributed by atoms with E-state index >= 15 is 0 Å². The molecule has 0 rings (SSSR count). The number of aliphatic carboxylic acids is 5. The minimum absolute atomic E-state index is 0. The Hall–Kier alpha value is -1.96. The summed E-state index contributed by atoms with van der Waals surface area (Å²) in [6.07, 6.45) is 84.7. The summed E-state index contributed by atoms with van der Waals surface area (Å²) in [5, 5.41) is 50.9. The van der Waals surface area contributed by atoms with Crippen molar-refractivity contribution in [2.75, 3.05) is 0 Å². The van der Waals surface area contributed by atoms with Gasteiger partial charge in [-0.3, -0.25) is 0 Å². The summed E-state index contributed by atoms with van der Waals surface area (Å²) in [5.41, 5.74) is 0. The molecule has 0 saturated heterocycles. The maximum atomic E-state index is 10.2. The number of rotatable bonds is 70. The van der Waals surface area contributed by atoms with Crippen molar-refractivity contribution in [1.82, 2.24) is 0 Å². The molecular formula is C80H155BO10Zn. The summed E-state index contributed by atoms with van der Waals surface area (Å²) >= 11 is 0. The maximum Gasteiger partial charge on any atom is 3.00 e. The van der Waals surface area contributed by atoms with E-state index in [1.54, 1.807) is 0 Å². The number of unbranched alkanes of at least 4 members (excludes halogenated alkanes) is 60. The van der Waals surface area contributed by atoms with E-state index in [-0.39, 0.29) is 60.0 Å². The van der Waals surface area contributed by atoms with Gasteiger partial charge in [-0.05, 0) is 64.2 Å². The van der Waals surface area contributed by atoms with E-state index in [1.807, 2.05) is 0 Å². The number of carboxylic acid groups (broad SMARTS) is 5. The molecule has 0 radical (unpaired) electrons. The molecule has 540 valence electrons. The third-order valence-electron chi connectivity index (χ3n) is 17.4. The Bertz CT molecular complexity index is 1140. The molecule has 0 amide bonds. The van der Waals surface area contributed by atoms with Crippen molar-refractivity contribution in [2.24, 2.45) is 0 Å². The zero-order valence-electron chi connectivity index (χ0n) is 62.4. The minimum Gasteiger partial charge on any atom is -0.550 e. The number of carbonyl (C=O) groups excluding carboxylic acids is 5. The molecule has 0 aromatic carbocycles. The maximum absolute atomic E-state index is 10.2. The van der Waals surface area contributed by atoms with Crippen LogP contribution in [0, 0.1) is 0 Å². The van der Waals surface area contributed by atoms with Crippen molar-refractivity contribution in [3.05, 3.63) is 0 Å². The molecule has 0 saturated carbocycles. The van der Waals surface area contributed by atoms with Gasteiger partial charge >= 0.3 is 27.9 Å². The van der Waals surface area contributed by atoms with Gasteiger partial charge in [0.15, 0.2) is 0 Å². The number of carbonyl (C=O) groups is 5. The molecule has 0 bridgehead atoms. The van der Waals surface area contributed by atoms with Crippen molar-refractivity contribution < 1.29 is 69.0 Å². The molecule has 0 aromatic rings. The summed E-state index contributed by atoms with van der Waals surface area (Å²) in [6.45, 7) is 11.3. The third-order valence-corrected chi connectivity index (χ3v) is 17.4. The molecule has 0 aromatic heterocycles. The number of hydrogen-bond acceptors (Lipinski definition) is 10. The average molecular weight is 1350 g/mol. The molecular weight excluding hydrogens is 1200 g/mol. The fraction of sp³-hybridized carbons (Fsp3) is 0.938. The first-order valence-electron chi connectivity index (χ1n) is 39.8. The van der Waals surface area contributed by atoms with Gasteiger partial charge in [0.25, 0.3) is 0 Å². The van der Waals surface area contributed by atoms with E-state index < -0.39 is 29.8 Å². The molecule has 0 spiro atoms. The van der Waals surface area contributed by atoms with Crippen LogP contribution >= 0.6 is 0 Å². The fourth-order valence-electron chi connectivity index (χ4n) is 11.4. The van der Waals surface area contributed by atoms with Crippen LogP contribution in [-0.4, -0.2) is 38.3 Å². The molecule has 10 nitrogen and oxygen atoms in total. The van der Waals surface area contributed by atoms with Crippen LogP contribution in [0.4, 0.5) is 0 Å². The molecule has 0 aliphatic heterocycles. The Kier molecular flexibility index (Phi) is 113. The first-order valence-corrected chi connectivity index (χ1v) is 39.8. The van der Waals surface area contributed by atoms with Crippen molar-refractivity contribution in [2.45, 2.75) is 484 Å². The van der Waals surface area contributed by atoms with Crippen LogP contribution < -0.4 is 25.5 Å². The molecule has 0 unspecified atom stereocenters. The summed E-state index contributed by atoms with van der Waals surface area (Å²) in [6, 6.07) is 0. The van der Waals surface area contributed by atoms with E-state index in [0.29, 0.717) is 0 Å². The molecule has 0 fully saturated rings. The molecule has 0 N–H and O–H groups in total. The Balaban J connectivity index is -0.000000195. The van der Waals surface area contributed by atoms with Gasteiger partial charge in [-0.15, -0.1) is 0 Å². The van der Waals surface area contributed by atoms with E-state index in [9.17, 15) is 49.5 Å². The van der Waals surface area contributed by atoms with E-state index in [0.717, 1.165) is 64.2 Å². The Labute approximate surface area is 588 Å². The predicted octanol–water partition coefficient (Wildman–Crippen LogP) is 20.7. The summed E-state index contributed by atoms with van der Waals surface area (Å²) in [5.74, 6) is -4.52. The topological polar surface area (TPSA) is 201 Å². The third kappa shape index (κ3) is 125. The smallest absolute Gasteiger partial charge is 0.550 e. The van der Waals surface area contributed by atoms with Gasteiger partial charge in [-0.25, -0.2) is 0 Å². The van der Waals surface area contributed by atoms with Crippen LogP contribution in [0.5, 0.6) is 0 Å². The first-order chi connectivity index (χ1) is 43.9. The minimum atomic E-state index is -0.905. The second kappa shape index (κ2) is 100. The SMILES string of the molecule is CCCCCCCCCCCCCCCC(=O)[O-].CCCCCCCCCCCCCCCC(=O)[O-].CCCCCCCCCCCCCCCC(=O)[O-].CCCCCCCCCCCCCCCC(=O)[O-].CCCCCCCCCCCCCCCC(=O)[O-].[B+3].[Zn+2]. The van der Waals surface area contributed by atoms with Gasteiger partial charge in [0.2, 0.25) is 0 Å². The first kappa shape index (κ1) is 104. The fourth-order valence-corrected chi connectivity index (χ4v) is 11.4. The van der Waals surface area contributed by atoms with Crippen LogP contribution in [0.2, 0.25) is 0 Å². The Morgan fingerprint density at radius 2 is 0.217 bits per heavy atom. The van der Waals surface area contributed by atoms with Crippen molar-refractivity contribution in [3.8, 4) is 0 Å². The van der Waals surface area contributed by atoms with Crippen LogP contribution in [0.15, 0.2) is 0 Å². The van der Waals surface area contributed by atoms with Crippen LogP contribution in [-0.2, 0) is 43.5 Å². The van der Waals surface area contributed by atoms with Crippen molar-refractivity contribution >= 4 is 38.3 Å². The normalized spacial score (nSPS) is 10.5. The molecule has 0 aliphatic rings. The Morgan fingerprint density at radius 1 is 0.152 bits per heavy atom. The second-order valence-corrected chi connectivity index (χ2v) is 26.8. The van der Waals surface area contributed by atoms with Crippen LogP contribution in [0.1, 0.15) is 484 Å². The largest absolute Gasteiger partial charge is 3.00 e. The zero-order chi connectivity index (χ0) is 67.4. The summed E-state index contributed by atoms with van der Waals surface area (Å²) in [4.78, 5) is 50.9. The molecule has 0 heterocycles. The summed E-state index contributed by atoms with van der Waals surface area (Å²) < 4.78 is 0. The summed E-state index contributed by atoms with van der Waals surface area (Å²) in [7, 11) is 0. The predicted molar refractivity (Wildman–Crippen MR) is 382 cm³/mol. The van der Waals surface area contributed by atoms with Crippen LogP contribution in [0.25, 0.3) is 0 Å². The van der Waals surface area contributed by atoms with E-state index in [2.05, 4.69) is 34.6 Å². The van der Waals surface area contributed by atoms with Gasteiger partial charge in [0.05, 0.1) is 0 Å².